The molecule has 4 heteroatoms. The Morgan fingerprint density at radius 2 is 1.94 bits per heavy atom. The molecule has 90 valence electrons. The number of anilines is 1. The first-order valence-corrected chi connectivity index (χ1v) is 6.10. The van der Waals surface area contributed by atoms with Crippen molar-refractivity contribution in [2.45, 2.75) is 46.1 Å². The minimum atomic E-state index is 0.294. The van der Waals surface area contributed by atoms with E-state index in [9.17, 15) is 0 Å². The maximum atomic E-state index is 6.01. The highest BCUT2D eigenvalue weighted by atomic mass is 35.5. The molecule has 1 unspecified atom stereocenters. The van der Waals surface area contributed by atoms with Gasteiger partial charge in [0.1, 0.15) is 16.8 Å². The number of aromatic nitrogens is 2. The van der Waals surface area contributed by atoms with Gasteiger partial charge in [0.2, 0.25) is 0 Å². The van der Waals surface area contributed by atoms with Crippen LogP contribution in [-0.2, 0) is 0 Å². The molecule has 1 heterocycles. The Balaban J connectivity index is 3.04. The van der Waals surface area contributed by atoms with Crippen LogP contribution in [0.2, 0.25) is 5.15 Å². The molecule has 16 heavy (non-hydrogen) atoms. The van der Waals surface area contributed by atoms with Crippen LogP contribution in [0.15, 0.2) is 6.07 Å². The molecule has 1 aromatic rings. The summed E-state index contributed by atoms with van der Waals surface area (Å²) >= 11 is 6.01. The summed E-state index contributed by atoms with van der Waals surface area (Å²) in [5, 5.41) is 0.517. The molecule has 0 aliphatic heterocycles. The van der Waals surface area contributed by atoms with Gasteiger partial charge in [0, 0.05) is 25.1 Å². The summed E-state index contributed by atoms with van der Waals surface area (Å²) in [5.41, 5.74) is 0. The average molecular weight is 242 g/mol. The zero-order valence-electron chi connectivity index (χ0n) is 10.7. The third-order valence-corrected chi connectivity index (χ3v) is 3.02. The van der Waals surface area contributed by atoms with Crippen LogP contribution < -0.4 is 4.90 Å². The Morgan fingerprint density at radius 3 is 2.44 bits per heavy atom. The van der Waals surface area contributed by atoms with Crippen molar-refractivity contribution in [2.75, 3.05) is 11.9 Å². The van der Waals surface area contributed by atoms with E-state index in [1.54, 1.807) is 0 Å². The molecule has 1 atom stereocenters. The van der Waals surface area contributed by atoms with Crippen molar-refractivity contribution in [3.8, 4) is 0 Å². The monoisotopic (exact) mass is 241 g/mol. The molecular formula is C12H20ClN3. The average Bonchev–Trinajstić information content (AvgIpc) is 2.26. The topological polar surface area (TPSA) is 29.0 Å². The van der Waals surface area contributed by atoms with Gasteiger partial charge in [-0.1, -0.05) is 32.4 Å². The van der Waals surface area contributed by atoms with Crippen molar-refractivity contribution in [2.24, 2.45) is 0 Å². The first-order chi connectivity index (χ1) is 7.45. The van der Waals surface area contributed by atoms with Gasteiger partial charge in [0.15, 0.2) is 0 Å². The van der Waals surface area contributed by atoms with Crippen molar-refractivity contribution in [3.05, 3.63) is 17.0 Å². The van der Waals surface area contributed by atoms with E-state index in [1.807, 2.05) is 13.1 Å². The largest absolute Gasteiger partial charge is 0.357 e. The summed E-state index contributed by atoms with van der Waals surface area (Å²) in [6.45, 7) is 8.47. The molecule has 0 bridgehead atoms. The third kappa shape index (κ3) is 3.08. The third-order valence-electron chi connectivity index (χ3n) is 2.83. The van der Waals surface area contributed by atoms with Crippen molar-refractivity contribution < 1.29 is 0 Å². The summed E-state index contributed by atoms with van der Waals surface area (Å²) < 4.78 is 0. The lowest BCUT2D eigenvalue weighted by Crippen LogP contribution is -2.29. The van der Waals surface area contributed by atoms with Crippen molar-refractivity contribution in [1.82, 2.24) is 9.97 Å². The minimum absolute atomic E-state index is 0.294. The van der Waals surface area contributed by atoms with Crippen LogP contribution >= 0.6 is 11.6 Å². The van der Waals surface area contributed by atoms with E-state index >= 15 is 0 Å². The van der Waals surface area contributed by atoms with Crippen molar-refractivity contribution in [3.63, 3.8) is 0 Å². The highest BCUT2D eigenvalue weighted by Gasteiger charge is 2.13. The zero-order chi connectivity index (χ0) is 12.3. The lowest BCUT2D eigenvalue weighted by atomic mass is 10.2. The van der Waals surface area contributed by atoms with E-state index in [0.29, 0.717) is 17.1 Å². The van der Waals surface area contributed by atoms with E-state index in [1.165, 1.54) is 0 Å². The van der Waals surface area contributed by atoms with E-state index in [2.05, 4.69) is 42.6 Å². The van der Waals surface area contributed by atoms with Crippen LogP contribution in [0, 0.1) is 0 Å². The number of hydrogen-bond donors (Lipinski definition) is 0. The van der Waals surface area contributed by atoms with Crippen LogP contribution in [0.1, 0.15) is 45.9 Å². The van der Waals surface area contributed by atoms with Crippen LogP contribution in [0.4, 0.5) is 5.82 Å². The molecule has 0 aliphatic rings. The molecule has 0 aliphatic carbocycles. The fraction of sp³-hybridized carbons (Fsp3) is 0.667. The lowest BCUT2D eigenvalue weighted by Gasteiger charge is -2.25. The van der Waals surface area contributed by atoms with Gasteiger partial charge in [-0.25, -0.2) is 9.97 Å². The molecule has 0 saturated carbocycles. The zero-order valence-corrected chi connectivity index (χ0v) is 11.4. The lowest BCUT2D eigenvalue weighted by molar-refractivity contribution is 0.650. The van der Waals surface area contributed by atoms with E-state index in [4.69, 9.17) is 11.6 Å². The van der Waals surface area contributed by atoms with Gasteiger partial charge in [-0.15, -0.1) is 0 Å². The van der Waals surface area contributed by atoms with Gasteiger partial charge in [0.25, 0.3) is 0 Å². The summed E-state index contributed by atoms with van der Waals surface area (Å²) in [6, 6.07) is 2.27. The molecule has 0 aromatic carbocycles. The Labute approximate surface area is 103 Å². The van der Waals surface area contributed by atoms with Gasteiger partial charge >= 0.3 is 0 Å². The molecule has 1 aromatic heterocycles. The van der Waals surface area contributed by atoms with Crippen LogP contribution in [-0.4, -0.2) is 23.1 Å². The quantitative estimate of drug-likeness (QED) is 0.756. The molecule has 1 rings (SSSR count). The van der Waals surface area contributed by atoms with Crippen LogP contribution in [0.5, 0.6) is 0 Å². The van der Waals surface area contributed by atoms with Gasteiger partial charge in [0.05, 0.1) is 0 Å². The van der Waals surface area contributed by atoms with Gasteiger partial charge in [-0.05, 0) is 13.3 Å². The second kappa shape index (κ2) is 5.48. The Kier molecular flexibility index (Phi) is 4.54. The Bertz CT molecular complexity index is 352. The molecule has 0 N–H and O–H groups in total. The second-order valence-electron chi connectivity index (χ2n) is 4.43. The first-order valence-electron chi connectivity index (χ1n) is 5.73. The van der Waals surface area contributed by atoms with Gasteiger partial charge in [-0.3, -0.25) is 0 Å². The number of hydrogen-bond acceptors (Lipinski definition) is 3. The molecule has 0 radical (unpaired) electrons. The highest BCUT2D eigenvalue weighted by Crippen LogP contribution is 2.21. The van der Waals surface area contributed by atoms with Crippen LogP contribution in [0.3, 0.4) is 0 Å². The standard InChI is InChI=1S/C12H20ClN3/c1-6-9(4)16(5)11-7-10(13)14-12(15-11)8(2)3/h7-9H,6H2,1-5H3. The number of halogens is 1. The summed E-state index contributed by atoms with van der Waals surface area (Å²) in [4.78, 5) is 10.9. The SMILES string of the molecule is CCC(C)N(C)c1cc(Cl)nc(C(C)C)n1. The molecule has 0 fully saturated rings. The smallest absolute Gasteiger partial charge is 0.135 e. The van der Waals surface area contributed by atoms with Gasteiger partial charge < -0.3 is 4.90 Å². The number of rotatable bonds is 4. The fourth-order valence-corrected chi connectivity index (χ4v) is 1.55. The van der Waals surface area contributed by atoms with E-state index in [0.717, 1.165) is 18.1 Å². The van der Waals surface area contributed by atoms with Crippen molar-refractivity contribution in [1.29, 1.82) is 0 Å². The Morgan fingerprint density at radius 1 is 1.31 bits per heavy atom. The molecule has 0 amide bonds. The predicted molar refractivity (Wildman–Crippen MR) is 69.3 cm³/mol. The van der Waals surface area contributed by atoms with E-state index in [-0.39, 0.29) is 0 Å². The molecule has 3 nitrogen and oxygen atoms in total. The second-order valence-corrected chi connectivity index (χ2v) is 4.82. The van der Waals surface area contributed by atoms with Gasteiger partial charge in [-0.2, -0.15) is 0 Å². The first kappa shape index (κ1) is 13.2. The maximum absolute atomic E-state index is 6.01. The molecule has 0 saturated heterocycles. The van der Waals surface area contributed by atoms with E-state index < -0.39 is 0 Å². The van der Waals surface area contributed by atoms with Crippen molar-refractivity contribution >= 4 is 17.4 Å². The normalized spacial score (nSPS) is 12.9. The highest BCUT2D eigenvalue weighted by molar-refractivity contribution is 6.29. The van der Waals surface area contributed by atoms with Crippen LogP contribution in [0.25, 0.3) is 0 Å². The summed E-state index contributed by atoms with van der Waals surface area (Å²) in [6.07, 6.45) is 1.08. The molecular weight excluding hydrogens is 222 g/mol. The minimum Gasteiger partial charge on any atom is -0.357 e. The maximum Gasteiger partial charge on any atom is 0.135 e. The predicted octanol–water partition coefficient (Wildman–Crippen LogP) is 3.49. The summed E-state index contributed by atoms with van der Waals surface area (Å²) in [7, 11) is 2.04. The fourth-order valence-electron chi connectivity index (χ4n) is 1.36. The Hall–Kier alpha value is -0.830. The number of nitrogens with zero attached hydrogens (tertiary/aromatic N) is 3. The summed E-state index contributed by atoms with van der Waals surface area (Å²) in [5.74, 6) is 2.00. The molecule has 0 spiro atoms.